The lowest BCUT2D eigenvalue weighted by Crippen LogP contribution is -2.22. The van der Waals surface area contributed by atoms with Crippen LogP contribution in [-0.4, -0.2) is 12.5 Å². The van der Waals surface area contributed by atoms with Gasteiger partial charge in [0.05, 0.1) is 6.07 Å². The molecule has 0 saturated heterocycles. The molecule has 1 heterocycles. The monoisotopic (exact) mass is 226 g/mol. The van der Waals surface area contributed by atoms with E-state index in [4.69, 9.17) is 9.68 Å². The van der Waals surface area contributed by atoms with E-state index in [1.54, 1.807) is 12.1 Å². The molecule has 17 heavy (non-hydrogen) atoms. The number of nitrogens with one attached hydrogen (secondary N) is 1. The summed E-state index contributed by atoms with van der Waals surface area (Å²) >= 11 is 0. The number of rotatable bonds is 3. The first-order chi connectivity index (χ1) is 8.31. The Morgan fingerprint density at radius 3 is 2.71 bits per heavy atom. The van der Waals surface area contributed by atoms with Gasteiger partial charge >= 0.3 is 0 Å². The molecule has 0 aliphatic heterocycles. The predicted molar refractivity (Wildman–Crippen MR) is 62.1 cm³/mol. The Labute approximate surface area is 98.5 Å². The highest BCUT2D eigenvalue weighted by Crippen LogP contribution is 2.21. The Morgan fingerprint density at radius 1 is 1.24 bits per heavy atom. The van der Waals surface area contributed by atoms with Crippen molar-refractivity contribution >= 4 is 5.91 Å². The minimum atomic E-state index is -0.381. The van der Waals surface area contributed by atoms with Crippen molar-refractivity contribution < 1.29 is 9.21 Å². The van der Waals surface area contributed by atoms with E-state index in [9.17, 15) is 4.79 Å². The molecular weight excluding hydrogens is 216 g/mol. The highest BCUT2D eigenvalue weighted by atomic mass is 16.3. The SMILES string of the molecule is N#CCNC(=O)c1ccc(-c2ccccc2)o1. The zero-order chi connectivity index (χ0) is 12.1. The highest BCUT2D eigenvalue weighted by molar-refractivity contribution is 5.92. The molecule has 0 bridgehead atoms. The first-order valence-electron chi connectivity index (χ1n) is 5.11. The van der Waals surface area contributed by atoms with Crippen molar-refractivity contribution in [1.82, 2.24) is 5.32 Å². The third-order valence-corrected chi connectivity index (χ3v) is 2.22. The van der Waals surface area contributed by atoms with Crippen LogP contribution in [-0.2, 0) is 0 Å². The Bertz CT molecular complexity index is 552. The number of hydrogen-bond acceptors (Lipinski definition) is 3. The summed E-state index contributed by atoms with van der Waals surface area (Å²) in [5.41, 5.74) is 0.909. The normalized spacial score (nSPS) is 9.59. The summed E-state index contributed by atoms with van der Waals surface area (Å²) in [6.07, 6.45) is 0. The fourth-order valence-corrected chi connectivity index (χ4v) is 1.42. The highest BCUT2D eigenvalue weighted by Gasteiger charge is 2.10. The average Bonchev–Trinajstić information content (AvgIpc) is 2.86. The van der Waals surface area contributed by atoms with Crippen LogP contribution in [0.3, 0.4) is 0 Å². The van der Waals surface area contributed by atoms with Gasteiger partial charge in [-0.2, -0.15) is 5.26 Å². The van der Waals surface area contributed by atoms with Crippen molar-refractivity contribution in [1.29, 1.82) is 5.26 Å². The van der Waals surface area contributed by atoms with Crippen LogP contribution in [0.15, 0.2) is 46.9 Å². The number of nitrogens with zero attached hydrogens (tertiary/aromatic N) is 1. The van der Waals surface area contributed by atoms with Gasteiger partial charge in [0.2, 0.25) is 0 Å². The molecule has 84 valence electrons. The molecule has 1 N–H and O–H groups in total. The van der Waals surface area contributed by atoms with Gasteiger partial charge in [-0.25, -0.2) is 0 Å². The molecule has 2 aromatic rings. The molecule has 0 aliphatic carbocycles. The van der Waals surface area contributed by atoms with Crippen LogP contribution in [0.1, 0.15) is 10.6 Å². The summed E-state index contributed by atoms with van der Waals surface area (Å²) in [6.45, 7) is -0.0276. The van der Waals surface area contributed by atoms with E-state index in [0.717, 1.165) is 5.56 Å². The number of benzene rings is 1. The van der Waals surface area contributed by atoms with Gasteiger partial charge in [-0.05, 0) is 12.1 Å². The van der Waals surface area contributed by atoms with E-state index in [-0.39, 0.29) is 18.2 Å². The lowest BCUT2D eigenvalue weighted by Gasteiger charge is -1.97. The average molecular weight is 226 g/mol. The minimum Gasteiger partial charge on any atom is -0.451 e. The maximum absolute atomic E-state index is 11.5. The summed E-state index contributed by atoms with van der Waals surface area (Å²) in [7, 11) is 0. The number of furan rings is 1. The second kappa shape index (κ2) is 4.99. The zero-order valence-electron chi connectivity index (χ0n) is 9.01. The Kier molecular flexibility index (Phi) is 3.22. The van der Waals surface area contributed by atoms with Gasteiger partial charge in [0.1, 0.15) is 12.3 Å². The second-order valence-corrected chi connectivity index (χ2v) is 3.37. The van der Waals surface area contributed by atoms with Crippen LogP contribution in [0, 0.1) is 11.3 Å². The van der Waals surface area contributed by atoms with E-state index in [1.807, 2.05) is 36.4 Å². The van der Waals surface area contributed by atoms with Gasteiger partial charge in [0, 0.05) is 5.56 Å². The Hall–Kier alpha value is -2.54. The summed E-state index contributed by atoms with van der Waals surface area (Å²) in [5, 5.41) is 10.8. The van der Waals surface area contributed by atoms with E-state index < -0.39 is 0 Å². The van der Waals surface area contributed by atoms with Gasteiger partial charge in [0.25, 0.3) is 5.91 Å². The largest absolute Gasteiger partial charge is 0.451 e. The Morgan fingerprint density at radius 2 is 2.00 bits per heavy atom. The maximum atomic E-state index is 11.5. The molecule has 0 unspecified atom stereocenters. The van der Waals surface area contributed by atoms with Crippen molar-refractivity contribution in [3.8, 4) is 17.4 Å². The second-order valence-electron chi connectivity index (χ2n) is 3.37. The van der Waals surface area contributed by atoms with Gasteiger partial charge in [-0.15, -0.1) is 0 Å². The first-order valence-corrected chi connectivity index (χ1v) is 5.11. The van der Waals surface area contributed by atoms with E-state index in [0.29, 0.717) is 5.76 Å². The molecular formula is C13H10N2O2. The smallest absolute Gasteiger partial charge is 0.287 e. The standard InChI is InChI=1S/C13H10N2O2/c14-8-9-15-13(16)12-7-6-11(17-12)10-4-2-1-3-5-10/h1-7H,9H2,(H,15,16). The van der Waals surface area contributed by atoms with Gasteiger partial charge in [-0.1, -0.05) is 30.3 Å². The van der Waals surface area contributed by atoms with E-state index in [2.05, 4.69) is 5.32 Å². The van der Waals surface area contributed by atoms with Gasteiger partial charge in [0.15, 0.2) is 5.76 Å². The number of amides is 1. The van der Waals surface area contributed by atoms with Crippen molar-refractivity contribution in [2.75, 3.05) is 6.54 Å². The summed E-state index contributed by atoms with van der Waals surface area (Å²) in [5.74, 6) is 0.459. The summed E-state index contributed by atoms with van der Waals surface area (Å²) in [4.78, 5) is 11.5. The number of nitriles is 1. The summed E-state index contributed by atoms with van der Waals surface area (Å²) in [6, 6.07) is 14.7. The number of hydrogen-bond donors (Lipinski definition) is 1. The van der Waals surface area contributed by atoms with Crippen LogP contribution < -0.4 is 5.32 Å². The zero-order valence-corrected chi connectivity index (χ0v) is 9.01. The molecule has 2 rings (SSSR count). The van der Waals surface area contributed by atoms with Crippen molar-refractivity contribution in [3.05, 3.63) is 48.2 Å². The molecule has 4 nitrogen and oxygen atoms in total. The molecule has 0 atom stereocenters. The van der Waals surface area contributed by atoms with Crippen LogP contribution in [0.25, 0.3) is 11.3 Å². The first kappa shape index (κ1) is 11.0. The predicted octanol–water partition coefficient (Wildman–Crippen LogP) is 2.20. The van der Waals surface area contributed by atoms with Crippen LogP contribution in [0.4, 0.5) is 0 Å². The maximum Gasteiger partial charge on any atom is 0.287 e. The van der Waals surface area contributed by atoms with Crippen LogP contribution >= 0.6 is 0 Å². The molecule has 0 saturated carbocycles. The fourth-order valence-electron chi connectivity index (χ4n) is 1.42. The molecule has 0 radical (unpaired) electrons. The third-order valence-electron chi connectivity index (χ3n) is 2.22. The lowest BCUT2D eigenvalue weighted by molar-refractivity contribution is 0.0932. The lowest BCUT2D eigenvalue weighted by atomic mass is 10.2. The number of carbonyl (C=O) groups is 1. The molecule has 0 aliphatic rings. The van der Waals surface area contributed by atoms with E-state index in [1.165, 1.54) is 0 Å². The van der Waals surface area contributed by atoms with Gasteiger partial charge < -0.3 is 9.73 Å². The minimum absolute atomic E-state index is 0.0276. The molecule has 1 aromatic carbocycles. The molecule has 1 aromatic heterocycles. The van der Waals surface area contributed by atoms with Crippen molar-refractivity contribution in [2.24, 2.45) is 0 Å². The van der Waals surface area contributed by atoms with E-state index >= 15 is 0 Å². The van der Waals surface area contributed by atoms with Gasteiger partial charge in [-0.3, -0.25) is 4.79 Å². The molecule has 0 fully saturated rings. The van der Waals surface area contributed by atoms with Crippen LogP contribution in [0.5, 0.6) is 0 Å². The molecule has 4 heteroatoms. The fraction of sp³-hybridized carbons (Fsp3) is 0.0769. The molecule has 1 amide bonds. The summed E-state index contributed by atoms with van der Waals surface area (Å²) < 4.78 is 5.41. The van der Waals surface area contributed by atoms with Crippen LogP contribution in [0.2, 0.25) is 0 Å². The molecule has 0 spiro atoms. The van der Waals surface area contributed by atoms with Crippen molar-refractivity contribution in [3.63, 3.8) is 0 Å². The topological polar surface area (TPSA) is 66.0 Å². The third kappa shape index (κ3) is 2.52. The van der Waals surface area contributed by atoms with Crippen molar-refractivity contribution in [2.45, 2.75) is 0 Å². The quantitative estimate of drug-likeness (QED) is 0.816. The number of carbonyl (C=O) groups excluding carboxylic acids is 1. The Balaban J connectivity index is 2.17.